The van der Waals surface area contributed by atoms with Crippen LogP contribution < -0.4 is 0 Å². The molecule has 8 heterocycles. The van der Waals surface area contributed by atoms with Gasteiger partial charge in [0.25, 0.3) is 11.4 Å². The third-order valence-corrected chi connectivity index (χ3v) is 25.8. The maximum atomic E-state index is 9.63. The second kappa shape index (κ2) is 33.8. The van der Waals surface area contributed by atoms with Crippen molar-refractivity contribution < 1.29 is 0 Å². The van der Waals surface area contributed by atoms with Gasteiger partial charge in [-0.25, -0.2) is 30.2 Å². The number of aryl methyl sites for hydroxylation is 4. The zero-order valence-corrected chi connectivity index (χ0v) is 57.2. The van der Waals surface area contributed by atoms with Crippen LogP contribution in [0.5, 0.6) is 0 Å². The molecule has 0 atom stereocenters. The lowest BCUT2D eigenvalue weighted by atomic mass is 10.0. The number of fused-ring (bicyclic) bond motifs is 2. The van der Waals surface area contributed by atoms with E-state index in [1.54, 1.807) is 57.5 Å². The first-order valence-corrected chi connectivity index (χ1v) is 38.2. The zero-order valence-electron chi connectivity index (χ0n) is 50.7. The van der Waals surface area contributed by atoms with Crippen molar-refractivity contribution in [3.05, 3.63) is 127 Å². The number of hydrogen-bond acceptors (Lipinski definition) is 12. The van der Waals surface area contributed by atoms with Gasteiger partial charge in [0.2, 0.25) is 0 Å². The molecular formula is C72H80N6S8. The van der Waals surface area contributed by atoms with Gasteiger partial charge in [0.1, 0.15) is 10.0 Å². The molecule has 0 radical (unpaired) electrons. The molecule has 1 aromatic carbocycles. The summed E-state index contributed by atoms with van der Waals surface area (Å²) in [5, 5.41) is 21.4. The summed E-state index contributed by atoms with van der Waals surface area (Å²) in [4.78, 5) is 32.5. The van der Waals surface area contributed by atoms with Crippen LogP contribution in [0.25, 0.3) is 101 Å². The van der Waals surface area contributed by atoms with E-state index in [2.05, 4.69) is 110 Å². The predicted molar refractivity (Wildman–Crippen MR) is 381 cm³/mol. The molecule has 86 heavy (non-hydrogen) atoms. The van der Waals surface area contributed by atoms with Crippen LogP contribution in [0.1, 0.15) is 214 Å². The van der Waals surface area contributed by atoms with Crippen molar-refractivity contribution >= 4 is 123 Å². The highest BCUT2D eigenvalue weighted by Crippen LogP contribution is 2.50. The molecule has 0 unspecified atom stereocenters. The number of rotatable bonds is 36. The maximum Gasteiger partial charge on any atom is 0.263 e. The van der Waals surface area contributed by atoms with Crippen molar-refractivity contribution in [2.75, 3.05) is 0 Å². The van der Waals surface area contributed by atoms with Crippen LogP contribution in [-0.2, 0) is 25.7 Å². The monoisotopic (exact) mass is 1280 g/mol. The lowest BCUT2D eigenvalue weighted by molar-refractivity contribution is 0.608. The zero-order chi connectivity index (χ0) is 60.0. The minimum Gasteiger partial charge on any atom is -0.235 e. The lowest BCUT2D eigenvalue weighted by Gasteiger charge is -2.04. The highest BCUT2D eigenvalue weighted by molar-refractivity contribution is 7.31. The second-order valence-electron chi connectivity index (χ2n) is 22.7. The van der Waals surface area contributed by atoms with Gasteiger partial charge >= 0.3 is 0 Å². The number of aromatic nitrogens is 2. The van der Waals surface area contributed by atoms with Crippen LogP contribution >= 0.6 is 90.7 Å². The normalized spacial score (nSPS) is 12.0. The molecule has 8 aromatic heterocycles. The van der Waals surface area contributed by atoms with Gasteiger partial charge < -0.3 is 0 Å². The number of allylic oxidation sites excluding steroid dienone is 2. The summed E-state index contributed by atoms with van der Waals surface area (Å²) >= 11 is 14.6. The highest BCUT2D eigenvalue weighted by atomic mass is 32.1. The van der Waals surface area contributed by atoms with Gasteiger partial charge in [-0.1, -0.05) is 156 Å². The van der Waals surface area contributed by atoms with Crippen LogP contribution in [0, 0.1) is 35.8 Å². The fourth-order valence-electron chi connectivity index (χ4n) is 11.2. The standard InChI is InChI=1S/C72H80N6S8/c1-7-11-15-19-23-27-31-49-39-55(43-53(47-73)75-5)79-67(49)59-35-37-61(81-59)69-51(33-29-25-21-17-13-9-3)41-65(83-69)71-77-57-45-58-64(46-63(57)85-71)86-72(78-58)66-42-52(34-30-26-22-18-14-10-4)70(84-66)62-38-36-60(82-62)68-50(32-28-24-20-16-12-8-2)40-56(80-68)44-54(48-74)76-6/h35-46H,7-34H2,1-4H3/b53-43-,54-44+. The molecule has 6 nitrogen and oxygen atoms in total. The van der Waals surface area contributed by atoms with Gasteiger partial charge in [0.15, 0.2) is 0 Å². The summed E-state index contributed by atoms with van der Waals surface area (Å²) < 4.78 is 2.38. The van der Waals surface area contributed by atoms with E-state index in [9.17, 15) is 10.5 Å². The van der Waals surface area contributed by atoms with E-state index in [1.807, 2.05) is 45.3 Å². The summed E-state index contributed by atoms with van der Waals surface area (Å²) in [5.41, 5.74) is 7.74. The Morgan fingerprint density at radius 2 is 0.698 bits per heavy atom. The maximum absolute atomic E-state index is 9.63. The van der Waals surface area contributed by atoms with E-state index < -0.39 is 0 Å². The average Bonchev–Trinajstić information content (AvgIpc) is 2.58. The van der Waals surface area contributed by atoms with Crippen molar-refractivity contribution in [2.45, 2.75) is 207 Å². The first kappa shape index (κ1) is 65.1. The molecule has 0 aliphatic rings. The SMILES string of the molecule is [C-]#[N+]/C(C#N)=C\c1cc(CCCCCCCC)c(-c2ccc(-c3sc(-c4nc5cc6nc(-c7cc(CCCCCCCC)c(-c8ccc(-c9sc(/C=C(\C#N)[N+]#[C-])cc9CCCCCCCC)s8)s7)sc6cc5s4)cc3CCCCCCCC)s2)s1. The van der Waals surface area contributed by atoms with Crippen LogP contribution in [0.4, 0.5) is 0 Å². The summed E-state index contributed by atoms with van der Waals surface area (Å²) in [6.07, 6.45) is 37.6. The van der Waals surface area contributed by atoms with Crippen molar-refractivity contribution in [3.63, 3.8) is 0 Å². The number of nitrogens with zero attached hydrogens (tertiary/aromatic N) is 6. The molecule has 0 aliphatic carbocycles. The minimum absolute atomic E-state index is 0.130. The number of thiophene rings is 6. The molecule has 9 rings (SSSR count). The number of nitriles is 2. The van der Waals surface area contributed by atoms with Crippen molar-refractivity contribution in [1.29, 1.82) is 10.5 Å². The lowest BCUT2D eigenvalue weighted by Crippen LogP contribution is -1.86. The van der Waals surface area contributed by atoms with E-state index in [4.69, 9.17) is 23.1 Å². The van der Waals surface area contributed by atoms with Crippen LogP contribution in [0.2, 0.25) is 0 Å². The quantitative estimate of drug-likeness (QED) is 0.0223. The van der Waals surface area contributed by atoms with Gasteiger partial charge in [-0.2, -0.15) is 0 Å². The Labute approximate surface area is 544 Å². The summed E-state index contributed by atoms with van der Waals surface area (Å²) in [5.74, 6) is 0. The molecule has 14 heteroatoms. The van der Waals surface area contributed by atoms with Gasteiger partial charge in [0, 0.05) is 48.8 Å². The van der Waals surface area contributed by atoms with Gasteiger partial charge in [-0.15, -0.1) is 90.7 Å². The van der Waals surface area contributed by atoms with E-state index in [-0.39, 0.29) is 11.4 Å². The highest BCUT2D eigenvalue weighted by Gasteiger charge is 2.23. The molecule has 0 fully saturated rings. The van der Waals surface area contributed by atoms with E-state index in [0.717, 1.165) is 69.3 Å². The Bertz CT molecular complexity index is 3550. The van der Waals surface area contributed by atoms with E-state index >= 15 is 0 Å². The molecule has 0 amide bonds. The summed E-state index contributed by atoms with van der Waals surface area (Å²) in [6, 6.07) is 27.3. The van der Waals surface area contributed by atoms with Crippen molar-refractivity contribution in [3.8, 4) is 70.9 Å². The number of benzene rings is 1. The van der Waals surface area contributed by atoms with Crippen LogP contribution in [0.15, 0.2) is 72.1 Å². The number of hydrogen-bond donors (Lipinski definition) is 0. The molecule has 0 N–H and O–H groups in total. The van der Waals surface area contributed by atoms with Crippen LogP contribution in [-0.4, -0.2) is 9.97 Å². The van der Waals surface area contributed by atoms with Gasteiger partial charge in [0.05, 0.1) is 55.5 Å². The topological polar surface area (TPSA) is 82.1 Å². The van der Waals surface area contributed by atoms with Crippen molar-refractivity contribution in [2.24, 2.45) is 0 Å². The molecule has 446 valence electrons. The summed E-state index contributed by atoms with van der Waals surface area (Å²) in [6.45, 7) is 24.2. The fraction of sp³-hybridized carbons (Fsp3) is 0.444. The second-order valence-corrected chi connectivity index (χ2v) is 31.2. The van der Waals surface area contributed by atoms with Gasteiger partial charge in [-0.05, 0) is 146 Å². The Balaban J connectivity index is 0.995. The molecular weight excluding hydrogens is 1210 g/mol. The molecule has 0 saturated heterocycles. The third kappa shape index (κ3) is 17.5. The van der Waals surface area contributed by atoms with E-state index in [1.165, 1.54) is 222 Å². The average molecular weight is 1290 g/mol. The molecule has 0 bridgehead atoms. The minimum atomic E-state index is 0.130. The Morgan fingerprint density at radius 1 is 0.384 bits per heavy atom. The first-order chi connectivity index (χ1) is 42.3. The Kier molecular flexibility index (Phi) is 25.6. The van der Waals surface area contributed by atoms with Crippen molar-refractivity contribution in [1.82, 2.24) is 9.97 Å². The molecule has 0 spiro atoms. The number of unbranched alkanes of at least 4 members (excludes halogenated alkanes) is 20. The molecule has 9 aromatic rings. The first-order valence-electron chi connectivity index (χ1n) is 31.7. The Hall–Kier alpha value is -5.36. The van der Waals surface area contributed by atoms with Crippen LogP contribution in [0.3, 0.4) is 0 Å². The predicted octanol–water partition coefficient (Wildman–Crippen LogP) is 26.5. The number of thiazole rings is 2. The Morgan fingerprint density at radius 3 is 1.02 bits per heavy atom. The molecule has 0 aliphatic heterocycles. The van der Waals surface area contributed by atoms with E-state index in [0.29, 0.717) is 0 Å². The fourth-order valence-corrected chi connectivity index (χ4v) is 20.7. The summed E-state index contributed by atoms with van der Waals surface area (Å²) in [7, 11) is 0. The van der Waals surface area contributed by atoms with Gasteiger partial charge in [-0.3, -0.25) is 0 Å². The smallest absolute Gasteiger partial charge is 0.235 e. The third-order valence-electron chi connectivity index (χ3n) is 15.9. The molecule has 0 saturated carbocycles. The largest absolute Gasteiger partial charge is 0.263 e.